The van der Waals surface area contributed by atoms with E-state index in [-0.39, 0.29) is 12.5 Å². The topological polar surface area (TPSA) is 40.5 Å². The quantitative estimate of drug-likeness (QED) is 0.565. The predicted octanol–water partition coefficient (Wildman–Crippen LogP) is 0.0132. The van der Waals surface area contributed by atoms with Crippen LogP contribution in [0.2, 0.25) is 0 Å². The highest BCUT2D eigenvalue weighted by Gasteiger charge is 1.94. The Morgan fingerprint density at radius 3 is 2.60 bits per heavy atom. The summed E-state index contributed by atoms with van der Waals surface area (Å²) in [6.45, 7) is 0.0945. The predicted molar refractivity (Wildman–Crippen MR) is 39.5 cm³/mol. The molecular weight excluding hydrogens is 130 g/mol. The van der Waals surface area contributed by atoms with Crippen LogP contribution in [0.3, 0.4) is 0 Å². The molecule has 0 aromatic rings. The maximum absolute atomic E-state index is 10.8. The molecule has 1 N–H and O–H groups in total. The standard InChI is InChI=1S/C7H13NO2/c1-8(2)7(10)5-3-4-6-9/h3,5,9H,4,6H2,1-2H3/b5-3+. The number of aliphatic hydroxyl groups excluding tert-OH is 1. The molecule has 0 aromatic heterocycles. The van der Waals surface area contributed by atoms with Gasteiger partial charge >= 0.3 is 0 Å². The average molecular weight is 143 g/mol. The first kappa shape index (κ1) is 9.17. The molecule has 0 saturated heterocycles. The Labute approximate surface area is 61.0 Å². The summed E-state index contributed by atoms with van der Waals surface area (Å²) in [5.41, 5.74) is 0. The van der Waals surface area contributed by atoms with E-state index in [2.05, 4.69) is 0 Å². The first-order chi connectivity index (χ1) is 4.68. The van der Waals surface area contributed by atoms with Crippen molar-refractivity contribution in [2.75, 3.05) is 20.7 Å². The molecule has 0 heterocycles. The van der Waals surface area contributed by atoms with Crippen molar-refractivity contribution in [2.24, 2.45) is 0 Å². The molecule has 0 unspecified atom stereocenters. The molecule has 3 heteroatoms. The Morgan fingerprint density at radius 2 is 2.20 bits per heavy atom. The Morgan fingerprint density at radius 1 is 1.60 bits per heavy atom. The van der Waals surface area contributed by atoms with Crippen molar-refractivity contribution in [2.45, 2.75) is 6.42 Å². The molecule has 0 aliphatic heterocycles. The lowest BCUT2D eigenvalue weighted by Crippen LogP contribution is -2.18. The van der Waals surface area contributed by atoms with Crippen LogP contribution in [0, 0.1) is 0 Å². The van der Waals surface area contributed by atoms with Crippen molar-refractivity contribution in [1.29, 1.82) is 0 Å². The first-order valence-corrected chi connectivity index (χ1v) is 3.17. The minimum Gasteiger partial charge on any atom is -0.396 e. The number of hydrogen-bond donors (Lipinski definition) is 1. The smallest absolute Gasteiger partial charge is 0.245 e. The lowest BCUT2D eigenvalue weighted by atomic mass is 10.4. The van der Waals surface area contributed by atoms with Crippen LogP contribution in [0.4, 0.5) is 0 Å². The van der Waals surface area contributed by atoms with Crippen molar-refractivity contribution in [3.8, 4) is 0 Å². The van der Waals surface area contributed by atoms with Crippen molar-refractivity contribution in [1.82, 2.24) is 4.90 Å². The third-order valence-corrected chi connectivity index (χ3v) is 0.997. The first-order valence-electron chi connectivity index (χ1n) is 3.17. The monoisotopic (exact) mass is 143 g/mol. The summed E-state index contributed by atoms with van der Waals surface area (Å²) < 4.78 is 0. The summed E-state index contributed by atoms with van der Waals surface area (Å²) >= 11 is 0. The largest absolute Gasteiger partial charge is 0.396 e. The number of likely N-dealkylation sites (N-methyl/N-ethyl adjacent to an activating group) is 1. The van der Waals surface area contributed by atoms with Crippen LogP contribution in [-0.2, 0) is 4.79 Å². The van der Waals surface area contributed by atoms with Gasteiger partial charge in [0, 0.05) is 20.7 Å². The van der Waals surface area contributed by atoms with E-state index in [0.717, 1.165) is 0 Å². The fraction of sp³-hybridized carbons (Fsp3) is 0.571. The van der Waals surface area contributed by atoms with Crippen molar-refractivity contribution in [3.63, 3.8) is 0 Å². The van der Waals surface area contributed by atoms with Crippen LogP contribution in [-0.4, -0.2) is 36.6 Å². The number of nitrogens with zero attached hydrogens (tertiary/aromatic N) is 1. The van der Waals surface area contributed by atoms with Gasteiger partial charge in [-0.2, -0.15) is 0 Å². The van der Waals surface area contributed by atoms with Crippen molar-refractivity contribution < 1.29 is 9.90 Å². The molecular formula is C7H13NO2. The van der Waals surface area contributed by atoms with Crippen molar-refractivity contribution in [3.05, 3.63) is 12.2 Å². The summed E-state index contributed by atoms with van der Waals surface area (Å²) in [6.07, 6.45) is 3.65. The summed E-state index contributed by atoms with van der Waals surface area (Å²) in [6, 6.07) is 0. The highest BCUT2D eigenvalue weighted by atomic mass is 16.2. The Bertz CT molecular complexity index is 130. The minimum atomic E-state index is -0.0477. The van der Waals surface area contributed by atoms with Gasteiger partial charge in [0.15, 0.2) is 0 Å². The second kappa shape index (κ2) is 4.99. The zero-order valence-corrected chi connectivity index (χ0v) is 6.37. The van der Waals surface area contributed by atoms with Gasteiger partial charge in [-0.25, -0.2) is 0 Å². The molecule has 0 aliphatic rings. The third kappa shape index (κ3) is 4.09. The van der Waals surface area contributed by atoms with E-state index < -0.39 is 0 Å². The van der Waals surface area contributed by atoms with Gasteiger partial charge in [0.05, 0.1) is 0 Å². The molecule has 0 aromatic carbocycles. The second-order valence-electron chi connectivity index (χ2n) is 2.15. The highest BCUT2D eigenvalue weighted by molar-refractivity contribution is 5.86. The Kier molecular flexibility index (Phi) is 4.58. The van der Waals surface area contributed by atoms with E-state index in [1.807, 2.05) is 0 Å². The van der Waals surface area contributed by atoms with Crippen LogP contribution in [0.25, 0.3) is 0 Å². The van der Waals surface area contributed by atoms with Crippen LogP contribution in [0.1, 0.15) is 6.42 Å². The SMILES string of the molecule is CN(C)C(=O)/C=C/CCO. The zero-order valence-electron chi connectivity index (χ0n) is 6.37. The number of hydrogen-bond acceptors (Lipinski definition) is 2. The molecule has 0 fully saturated rings. The molecule has 3 nitrogen and oxygen atoms in total. The number of amides is 1. The second-order valence-corrected chi connectivity index (χ2v) is 2.15. The van der Waals surface area contributed by atoms with E-state index in [1.54, 1.807) is 20.2 Å². The van der Waals surface area contributed by atoms with Crippen LogP contribution >= 0.6 is 0 Å². The third-order valence-electron chi connectivity index (χ3n) is 0.997. The molecule has 1 amide bonds. The van der Waals surface area contributed by atoms with Crippen LogP contribution in [0.15, 0.2) is 12.2 Å². The average Bonchev–Trinajstić information content (AvgIpc) is 1.88. The molecule has 0 radical (unpaired) electrons. The Hall–Kier alpha value is -0.830. The van der Waals surface area contributed by atoms with E-state index >= 15 is 0 Å². The molecule has 10 heavy (non-hydrogen) atoms. The van der Waals surface area contributed by atoms with Gasteiger partial charge in [0.2, 0.25) is 5.91 Å². The molecule has 0 atom stereocenters. The van der Waals surface area contributed by atoms with Gasteiger partial charge in [0.1, 0.15) is 0 Å². The zero-order chi connectivity index (χ0) is 7.98. The maximum atomic E-state index is 10.8. The summed E-state index contributed by atoms with van der Waals surface area (Å²) in [4.78, 5) is 12.3. The van der Waals surface area contributed by atoms with Gasteiger partial charge in [-0.1, -0.05) is 6.08 Å². The number of carbonyl (C=O) groups excluding carboxylic acids is 1. The lowest BCUT2D eigenvalue weighted by Gasteiger charge is -2.04. The molecule has 0 aliphatic carbocycles. The summed E-state index contributed by atoms with van der Waals surface area (Å²) in [5, 5.41) is 8.34. The van der Waals surface area contributed by atoms with Crippen molar-refractivity contribution >= 4 is 5.91 Å². The molecule has 0 bridgehead atoms. The number of carbonyl (C=O) groups is 1. The van der Waals surface area contributed by atoms with Crippen LogP contribution < -0.4 is 0 Å². The highest BCUT2D eigenvalue weighted by Crippen LogP contribution is 1.84. The van der Waals surface area contributed by atoms with E-state index in [1.165, 1.54) is 11.0 Å². The fourth-order valence-electron chi connectivity index (χ4n) is 0.408. The van der Waals surface area contributed by atoms with Gasteiger partial charge in [0.25, 0.3) is 0 Å². The van der Waals surface area contributed by atoms with E-state index in [0.29, 0.717) is 6.42 Å². The lowest BCUT2D eigenvalue weighted by molar-refractivity contribution is -0.123. The minimum absolute atomic E-state index is 0.0477. The molecule has 0 saturated carbocycles. The number of rotatable bonds is 3. The maximum Gasteiger partial charge on any atom is 0.245 e. The van der Waals surface area contributed by atoms with Gasteiger partial charge in [-0.15, -0.1) is 0 Å². The van der Waals surface area contributed by atoms with Gasteiger partial charge < -0.3 is 10.0 Å². The molecule has 58 valence electrons. The van der Waals surface area contributed by atoms with Crippen LogP contribution in [0.5, 0.6) is 0 Å². The molecule has 0 rings (SSSR count). The normalized spacial score (nSPS) is 10.3. The fourth-order valence-corrected chi connectivity index (χ4v) is 0.408. The Balaban J connectivity index is 3.56. The van der Waals surface area contributed by atoms with E-state index in [9.17, 15) is 4.79 Å². The summed E-state index contributed by atoms with van der Waals surface area (Å²) in [5.74, 6) is -0.0477. The number of aliphatic hydroxyl groups is 1. The van der Waals surface area contributed by atoms with E-state index in [4.69, 9.17) is 5.11 Å². The van der Waals surface area contributed by atoms with Gasteiger partial charge in [-0.3, -0.25) is 4.79 Å². The summed E-state index contributed by atoms with van der Waals surface area (Å²) in [7, 11) is 3.37. The van der Waals surface area contributed by atoms with Gasteiger partial charge in [-0.05, 0) is 12.5 Å². The molecule has 0 spiro atoms.